The Morgan fingerprint density at radius 1 is 1.67 bits per heavy atom. The first-order chi connectivity index (χ1) is 5.59. The first kappa shape index (κ1) is 9.45. The molecule has 3 atom stereocenters. The van der Waals surface area contributed by atoms with Crippen molar-refractivity contribution in [3.8, 4) is 0 Å². The highest BCUT2D eigenvalue weighted by molar-refractivity contribution is 5.79. The lowest BCUT2D eigenvalue weighted by Gasteiger charge is -2.15. The molecule has 3 N–H and O–H groups in total. The summed E-state index contributed by atoms with van der Waals surface area (Å²) in [7, 11) is 0. The van der Waals surface area contributed by atoms with E-state index in [0.29, 0.717) is 12.8 Å². The predicted octanol–water partition coefficient (Wildman–Crippen LogP) is 0.340. The van der Waals surface area contributed by atoms with Gasteiger partial charge in [-0.15, -0.1) is 0 Å². The highest BCUT2D eigenvalue weighted by Crippen LogP contribution is 2.21. The smallest absolute Gasteiger partial charge is 0.234 e. The average molecular weight is 174 g/mol. The number of alkyl halides is 1. The summed E-state index contributed by atoms with van der Waals surface area (Å²) in [6.07, 6.45) is 1.21. The molecule has 4 heteroatoms. The third-order valence-corrected chi connectivity index (χ3v) is 2.28. The normalized spacial score (nSPS) is 31.8. The third-order valence-electron chi connectivity index (χ3n) is 2.28. The highest BCUT2D eigenvalue weighted by atomic mass is 19.1. The van der Waals surface area contributed by atoms with E-state index >= 15 is 0 Å². The second-order valence-corrected chi connectivity index (χ2v) is 3.40. The van der Waals surface area contributed by atoms with Crippen molar-refractivity contribution in [1.29, 1.82) is 0 Å². The molecular weight excluding hydrogens is 159 g/mol. The minimum Gasteiger partial charge on any atom is -0.368 e. The molecule has 0 aromatic rings. The van der Waals surface area contributed by atoms with Crippen LogP contribution in [-0.2, 0) is 4.79 Å². The molecule has 1 saturated carbocycles. The van der Waals surface area contributed by atoms with Crippen LogP contribution >= 0.6 is 0 Å². The van der Waals surface area contributed by atoms with Gasteiger partial charge in [-0.2, -0.15) is 0 Å². The van der Waals surface area contributed by atoms with E-state index < -0.39 is 6.17 Å². The predicted molar refractivity (Wildman–Crippen MR) is 44.3 cm³/mol. The summed E-state index contributed by atoms with van der Waals surface area (Å²) >= 11 is 0. The molecule has 1 fully saturated rings. The van der Waals surface area contributed by atoms with Crippen LogP contribution in [0.2, 0.25) is 0 Å². The maximum absolute atomic E-state index is 12.7. The molecular formula is C8H15FN2O. The number of amides is 1. The zero-order valence-electron chi connectivity index (χ0n) is 7.22. The van der Waals surface area contributed by atoms with Crippen molar-refractivity contribution in [2.45, 2.75) is 44.4 Å². The van der Waals surface area contributed by atoms with E-state index in [1.165, 1.54) is 0 Å². The van der Waals surface area contributed by atoms with Crippen LogP contribution in [0.3, 0.4) is 0 Å². The van der Waals surface area contributed by atoms with Gasteiger partial charge in [0, 0.05) is 6.04 Å². The minimum atomic E-state index is -0.706. The van der Waals surface area contributed by atoms with Crippen molar-refractivity contribution in [3.63, 3.8) is 0 Å². The summed E-state index contributed by atoms with van der Waals surface area (Å²) in [5, 5.41) is 2.99. The molecule has 3 unspecified atom stereocenters. The summed E-state index contributed by atoms with van der Waals surface area (Å²) in [6.45, 7) is 1.70. The molecule has 0 aliphatic heterocycles. The van der Waals surface area contributed by atoms with Crippen molar-refractivity contribution < 1.29 is 9.18 Å². The zero-order valence-corrected chi connectivity index (χ0v) is 7.22. The molecule has 12 heavy (non-hydrogen) atoms. The second-order valence-electron chi connectivity index (χ2n) is 3.40. The topological polar surface area (TPSA) is 55.1 Å². The van der Waals surface area contributed by atoms with Gasteiger partial charge in [0.1, 0.15) is 6.17 Å². The molecule has 1 amide bonds. The number of carbonyl (C=O) groups is 1. The summed E-state index contributed by atoms with van der Waals surface area (Å²) in [6, 6.07) is -0.220. The molecule has 1 rings (SSSR count). The van der Waals surface area contributed by atoms with Crippen LogP contribution in [-0.4, -0.2) is 24.2 Å². The fraction of sp³-hybridized carbons (Fsp3) is 0.875. The van der Waals surface area contributed by atoms with Crippen LogP contribution in [0.5, 0.6) is 0 Å². The Kier molecular flexibility index (Phi) is 3.03. The van der Waals surface area contributed by atoms with Gasteiger partial charge in [0.05, 0.1) is 6.04 Å². The van der Waals surface area contributed by atoms with Gasteiger partial charge >= 0.3 is 0 Å². The Balaban J connectivity index is 2.27. The van der Waals surface area contributed by atoms with E-state index in [1.807, 2.05) is 0 Å². The summed E-state index contributed by atoms with van der Waals surface area (Å²) in [5.41, 5.74) is 5.05. The highest BCUT2D eigenvalue weighted by Gasteiger charge is 2.25. The summed E-state index contributed by atoms with van der Waals surface area (Å²) < 4.78 is 12.7. The zero-order chi connectivity index (χ0) is 9.14. The molecule has 0 aromatic heterocycles. The number of halogens is 1. The Hall–Kier alpha value is -0.640. The Morgan fingerprint density at radius 3 is 2.75 bits per heavy atom. The maximum atomic E-state index is 12.7. The van der Waals surface area contributed by atoms with Crippen molar-refractivity contribution in [3.05, 3.63) is 0 Å². The average Bonchev–Trinajstić information content (AvgIpc) is 2.35. The quantitative estimate of drug-likeness (QED) is 0.648. The molecule has 0 radical (unpaired) electrons. The Morgan fingerprint density at radius 2 is 2.33 bits per heavy atom. The third kappa shape index (κ3) is 2.44. The van der Waals surface area contributed by atoms with Crippen molar-refractivity contribution >= 4 is 5.91 Å². The largest absolute Gasteiger partial charge is 0.368 e. The van der Waals surface area contributed by atoms with Crippen LogP contribution in [0.1, 0.15) is 26.2 Å². The number of nitrogens with one attached hydrogen (secondary N) is 1. The van der Waals surface area contributed by atoms with Crippen LogP contribution in [0.15, 0.2) is 0 Å². The maximum Gasteiger partial charge on any atom is 0.234 e. The standard InChI is InChI=1S/C8H15FN2O/c1-5(8(10)12)11-7-3-2-6(9)4-7/h5-7,11H,2-4H2,1H3,(H2,10,12). The summed E-state index contributed by atoms with van der Waals surface area (Å²) in [5.74, 6) is -0.377. The first-order valence-electron chi connectivity index (χ1n) is 4.29. The minimum absolute atomic E-state index is 0.127. The van der Waals surface area contributed by atoms with Crippen molar-refractivity contribution in [2.24, 2.45) is 5.73 Å². The fourth-order valence-electron chi connectivity index (χ4n) is 1.51. The number of hydrogen-bond acceptors (Lipinski definition) is 2. The van der Waals surface area contributed by atoms with Crippen molar-refractivity contribution in [2.75, 3.05) is 0 Å². The fourth-order valence-corrected chi connectivity index (χ4v) is 1.51. The van der Waals surface area contributed by atoms with Crippen LogP contribution in [0.25, 0.3) is 0 Å². The number of hydrogen-bond donors (Lipinski definition) is 2. The molecule has 1 aliphatic carbocycles. The molecule has 70 valence electrons. The molecule has 0 spiro atoms. The molecule has 0 heterocycles. The molecule has 1 aliphatic rings. The molecule has 0 saturated heterocycles. The lowest BCUT2D eigenvalue weighted by molar-refractivity contribution is -0.119. The van der Waals surface area contributed by atoms with Gasteiger partial charge in [-0.1, -0.05) is 0 Å². The Bertz CT molecular complexity index is 174. The van der Waals surface area contributed by atoms with E-state index in [0.717, 1.165) is 6.42 Å². The van der Waals surface area contributed by atoms with Gasteiger partial charge < -0.3 is 11.1 Å². The van der Waals surface area contributed by atoms with Crippen LogP contribution < -0.4 is 11.1 Å². The number of nitrogens with two attached hydrogens (primary N) is 1. The van der Waals surface area contributed by atoms with E-state index in [2.05, 4.69) is 5.32 Å². The molecule has 3 nitrogen and oxygen atoms in total. The number of carbonyl (C=O) groups excluding carboxylic acids is 1. The number of rotatable bonds is 3. The van der Waals surface area contributed by atoms with Crippen molar-refractivity contribution in [1.82, 2.24) is 5.32 Å². The van der Waals surface area contributed by atoms with Crippen LogP contribution in [0.4, 0.5) is 4.39 Å². The lowest BCUT2D eigenvalue weighted by Crippen LogP contribution is -2.43. The van der Waals surface area contributed by atoms with Gasteiger partial charge in [-0.05, 0) is 26.2 Å². The van der Waals surface area contributed by atoms with E-state index in [4.69, 9.17) is 5.73 Å². The first-order valence-corrected chi connectivity index (χ1v) is 4.29. The Labute approximate surface area is 71.5 Å². The lowest BCUT2D eigenvalue weighted by atomic mass is 10.2. The van der Waals surface area contributed by atoms with Gasteiger partial charge in [0.15, 0.2) is 0 Å². The summed E-state index contributed by atoms with van der Waals surface area (Å²) in [4.78, 5) is 10.6. The van der Waals surface area contributed by atoms with E-state index in [-0.39, 0.29) is 18.0 Å². The molecule has 0 aromatic carbocycles. The van der Waals surface area contributed by atoms with Crippen LogP contribution in [0, 0.1) is 0 Å². The SMILES string of the molecule is CC(NC1CCC(F)C1)C(N)=O. The van der Waals surface area contributed by atoms with Gasteiger partial charge in [-0.25, -0.2) is 4.39 Å². The van der Waals surface area contributed by atoms with Gasteiger partial charge in [0.2, 0.25) is 5.91 Å². The number of primary amides is 1. The van der Waals surface area contributed by atoms with Gasteiger partial charge in [-0.3, -0.25) is 4.79 Å². The second kappa shape index (κ2) is 3.85. The molecule has 0 bridgehead atoms. The van der Waals surface area contributed by atoms with Gasteiger partial charge in [0.25, 0.3) is 0 Å². The van der Waals surface area contributed by atoms with E-state index in [9.17, 15) is 9.18 Å². The van der Waals surface area contributed by atoms with E-state index in [1.54, 1.807) is 6.92 Å². The monoisotopic (exact) mass is 174 g/mol.